The molecular weight excluding hydrogens is 369 g/mol. The van der Waals surface area contributed by atoms with Gasteiger partial charge in [-0.1, -0.05) is 6.92 Å². The highest BCUT2D eigenvalue weighted by molar-refractivity contribution is 5.95. The van der Waals surface area contributed by atoms with E-state index in [0.717, 1.165) is 50.5 Å². The fraction of sp³-hybridized carbons (Fsp3) is 0.474. The van der Waals surface area contributed by atoms with Crippen LogP contribution in [0.4, 0.5) is 4.39 Å². The number of nitrogens with one attached hydrogen (secondary N) is 2. The predicted molar refractivity (Wildman–Crippen MR) is 106 cm³/mol. The van der Waals surface area contributed by atoms with Gasteiger partial charge in [-0.15, -0.1) is 12.4 Å². The molecule has 0 radical (unpaired) electrons. The van der Waals surface area contributed by atoms with E-state index in [1.165, 1.54) is 12.1 Å². The van der Waals surface area contributed by atoms with Crippen LogP contribution in [0.15, 0.2) is 30.5 Å². The fourth-order valence-electron chi connectivity index (χ4n) is 3.24. The topological polar surface area (TPSA) is 62.2 Å². The van der Waals surface area contributed by atoms with Crippen molar-refractivity contribution in [3.05, 3.63) is 47.5 Å². The summed E-state index contributed by atoms with van der Waals surface area (Å²) in [5.41, 5.74) is 2.16. The van der Waals surface area contributed by atoms with Crippen molar-refractivity contribution in [1.82, 2.24) is 25.3 Å². The smallest absolute Gasteiger partial charge is 0.254 e. The number of carbonyl (C=O) groups is 1. The highest BCUT2D eigenvalue weighted by Crippen LogP contribution is 2.16. The minimum absolute atomic E-state index is 0. The molecule has 1 aromatic heterocycles. The third-order valence-corrected chi connectivity index (χ3v) is 4.67. The van der Waals surface area contributed by atoms with E-state index < -0.39 is 0 Å². The molecule has 2 heterocycles. The van der Waals surface area contributed by atoms with Crippen molar-refractivity contribution in [3.8, 4) is 5.69 Å². The second-order valence-corrected chi connectivity index (χ2v) is 6.45. The summed E-state index contributed by atoms with van der Waals surface area (Å²) in [6.07, 6.45) is 3.19. The Kier molecular flexibility index (Phi) is 8.22. The fourth-order valence-corrected chi connectivity index (χ4v) is 3.24. The molecule has 1 aromatic carbocycles. The summed E-state index contributed by atoms with van der Waals surface area (Å²) < 4.78 is 14.8. The standard InChI is InChI=1S/C19H26FN5O.ClH/c1-2-18-17(14-23-25(18)16-6-4-15(20)5-7-16)19(26)22-8-3-11-24-12-9-21-10-13-24;/h4-7,14,21H,2-3,8-13H2,1H3,(H,22,26);1H. The molecule has 0 bridgehead atoms. The molecule has 1 aliphatic heterocycles. The van der Waals surface area contributed by atoms with Crippen LogP contribution in [0.3, 0.4) is 0 Å². The first-order chi connectivity index (χ1) is 12.7. The molecule has 0 spiro atoms. The highest BCUT2D eigenvalue weighted by atomic mass is 35.5. The van der Waals surface area contributed by atoms with Crippen molar-refractivity contribution in [3.63, 3.8) is 0 Å². The second kappa shape index (κ2) is 10.4. The van der Waals surface area contributed by atoms with E-state index in [1.807, 2.05) is 6.92 Å². The molecule has 2 aromatic rings. The van der Waals surface area contributed by atoms with Crippen LogP contribution < -0.4 is 10.6 Å². The van der Waals surface area contributed by atoms with Gasteiger partial charge < -0.3 is 15.5 Å². The maximum Gasteiger partial charge on any atom is 0.254 e. The molecule has 3 rings (SSSR count). The average molecular weight is 396 g/mol. The number of rotatable bonds is 7. The Morgan fingerprint density at radius 3 is 2.63 bits per heavy atom. The summed E-state index contributed by atoms with van der Waals surface area (Å²) >= 11 is 0. The minimum Gasteiger partial charge on any atom is -0.352 e. The van der Waals surface area contributed by atoms with Crippen molar-refractivity contribution in [2.75, 3.05) is 39.3 Å². The van der Waals surface area contributed by atoms with E-state index in [0.29, 0.717) is 18.5 Å². The summed E-state index contributed by atoms with van der Waals surface area (Å²) in [7, 11) is 0. The van der Waals surface area contributed by atoms with Gasteiger partial charge in [0.1, 0.15) is 5.82 Å². The number of carbonyl (C=O) groups excluding carboxylic acids is 1. The van der Waals surface area contributed by atoms with Crippen LogP contribution in [0.2, 0.25) is 0 Å². The summed E-state index contributed by atoms with van der Waals surface area (Å²) in [5, 5.41) is 10.7. The molecule has 0 aliphatic carbocycles. The van der Waals surface area contributed by atoms with Gasteiger partial charge in [0, 0.05) is 32.7 Å². The molecular formula is C19H27ClFN5O. The summed E-state index contributed by atoms with van der Waals surface area (Å²) in [6.45, 7) is 7.84. The Morgan fingerprint density at radius 1 is 1.26 bits per heavy atom. The number of hydrogen-bond donors (Lipinski definition) is 2. The van der Waals surface area contributed by atoms with Crippen LogP contribution in [-0.2, 0) is 6.42 Å². The van der Waals surface area contributed by atoms with Crippen LogP contribution in [0, 0.1) is 5.82 Å². The molecule has 1 saturated heterocycles. The van der Waals surface area contributed by atoms with Crippen molar-refractivity contribution in [2.45, 2.75) is 19.8 Å². The molecule has 27 heavy (non-hydrogen) atoms. The zero-order valence-electron chi connectivity index (χ0n) is 15.6. The number of benzene rings is 1. The maximum atomic E-state index is 13.1. The zero-order chi connectivity index (χ0) is 18.4. The van der Waals surface area contributed by atoms with Gasteiger partial charge in [-0.25, -0.2) is 9.07 Å². The van der Waals surface area contributed by atoms with Crippen LogP contribution in [-0.4, -0.2) is 59.9 Å². The van der Waals surface area contributed by atoms with Gasteiger partial charge in [0.25, 0.3) is 5.91 Å². The Bertz CT molecular complexity index is 728. The summed E-state index contributed by atoms with van der Waals surface area (Å²) in [6, 6.07) is 6.12. The number of halogens is 2. The molecule has 1 aliphatic rings. The van der Waals surface area contributed by atoms with Crippen LogP contribution in [0.5, 0.6) is 0 Å². The largest absolute Gasteiger partial charge is 0.352 e. The lowest BCUT2D eigenvalue weighted by Gasteiger charge is -2.27. The molecule has 0 atom stereocenters. The van der Waals surface area contributed by atoms with Gasteiger partial charge in [0.15, 0.2) is 0 Å². The third-order valence-electron chi connectivity index (χ3n) is 4.67. The summed E-state index contributed by atoms with van der Waals surface area (Å²) in [4.78, 5) is 14.9. The monoisotopic (exact) mass is 395 g/mol. The van der Waals surface area contributed by atoms with E-state index in [2.05, 4.69) is 20.6 Å². The number of amides is 1. The van der Waals surface area contributed by atoms with Gasteiger partial charge in [-0.3, -0.25) is 4.79 Å². The number of piperazine rings is 1. The second-order valence-electron chi connectivity index (χ2n) is 6.45. The minimum atomic E-state index is -0.290. The number of hydrogen-bond acceptors (Lipinski definition) is 4. The van der Waals surface area contributed by atoms with Gasteiger partial charge >= 0.3 is 0 Å². The molecule has 2 N–H and O–H groups in total. The third kappa shape index (κ3) is 5.51. The predicted octanol–water partition coefficient (Wildman–Crippen LogP) is 2.02. The molecule has 0 unspecified atom stereocenters. The molecule has 0 saturated carbocycles. The lowest BCUT2D eigenvalue weighted by Crippen LogP contribution is -2.44. The maximum absolute atomic E-state index is 13.1. The van der Waals surface area contributed by atoms with Crippen molar-refractivity contribution >= 4 is 18.3 Å². The van der Waals surface area contributed by atoms with Gasteiger partial charge in [0.05, 0.1) is 23.1 Å². The number of nitrogens with zero attached hydrogens (tertiary/aromatic N) is 3. The van der Waals surface area contributed by atoms with E-state index in [4.69, 9.17) is 0 Å². The SMILES string of the molecule is CCc1c(C(=O)NCCCN2CCNCC2)cnn1-c1ccc(F)cc1.Cl. The van der Waals surface area contributed by atoms with E-state index in [9.17, 15) is 9.18 Å². The van der Waals surface area contributed by atoms with E-state index in [-0.39, 0.29) is 24.1 Å². The summed E-state index contributed by atoms with van der Waals surface area (Å²) in [5.74, 6) is -0.392. The molecule has 148 valence electrons. The lowest BCUT2D eigenvalue weighted by molar-refractivity contribution is 0.0950. The lowest BCUT2D eigenvalue weighted by atomic mass is 10.2. The van der Waals surface area contributed by atoms with Crippen LogP contribution in [0.1, 0.15) is 29.4 Å². The quantitative estimate of drug-likeness (QED) is 0.704. The molecule has 1 amide bonds. The highest BCUT2D eigenvalue weighted by Gasteiger charge is 2.17. The first-order valence-electron chi connectivity index (χ1n) is 9.23. The zero-order valence-corrected chi connectivity index (χ0v) is 16.4. The molecule has 8 heteroatoms. The first kappa shape index (κ1) is 21.3. The van der Waals surface area contributed by atoms with Gasteiger partial charge in [-0.2, -0.15) is 5.10 Å². The van der Waals surface area contributed by atoms with Crippen molar-refractivity contribution in [2.24, 2.45) is 0 Å². The van der Waals surface area contributed by atoms with E-state index in [1.54, 1.807) is 23.0 Å². The van der Waals surface area contributed by atoms with Crippen LogP contribution in [0.25, 0.3) is 5.69 Å². The van der Waals surface area contributed by atoms with Crippen molar-refractivity contribution < 1.29 is 9.18 Å². The Hall–Kier alpha value is -1.96. The Balaban J connectivity index is 0.00000261. The normalized spacial score (nSPS) is 14.6. The van der Waals surface area contributed by atoms with Crippen molar-refractivity contribution in [1.29, 1.82) is 0 Å². The number of aromatic nitrogens is 2. The average Bonchev–Trinajstić information content (AvgIpc) is 3.10. The first-order valence-corrected chi connectivity index (χ1v) is 9.23. The van der Waals surface area contributed by atoms with Gasteiger partial charge in [-0.05, 0) is 43.7 Å². The molecule has 6 nitrogen and oxygen atoms in total. The Morgan fingerprint density at radius 2 is 1.96 bits per heavy atom. The Labute approximate surface area is 165 Å². The van der Waals surface area contributed by atoms with Gasteiger partial charge in [0.2, 0.25) is 0 Å². The van der Waals surface area contributed by atoms with E-state index >= 15 is 0 Å². The molecule has 1 fully saturated rings. The van der Waals surface area contributed by atoms with Crippen LogP contribution >= 0.6 is 12.4 Å².